The first-order valence-corrected chi connectivity index (χ1v) is 7.39. The molecule has 1 unspecified atom stereocenters. The Balaban J connectivity index is 1.94. The minimum absolute atomic E-state index is 0.111. The van der Waals surface area contributed by atoms with E-state index in [1.54, 1.807) is 17.0 Å². The van der Waals surface area contributed by atoms with Crippen LogP contribution in [0.2, 0.25) is 5.22 Å². The molecule has 2 rings (SSSR count). The standard InChI is InChI=1S/C13H18ClN3O2S/c1-2-9(12(15)20)16-5-7-17(8-6-16)13(18)10-3-4-11(14)19-10/h3-4,9H,2,5-8H2,1H3,(H2,15,20). The van der Waals surface area contributed by atoms with Crippen molar-refractivity contribution in [3.8, 4) is 0 Å². The largest absolute Gasteiger partial charge is 0.440 e. The van der Waals surface area contributed by atoms with Crippen molar-refractivity contribution in [1.82, 2.24) is 9.80 Å². The quantitative estimate of drug-likeness (QED) is 0.858. The summed E-state index contributed by atoms with van der Waals surface area (Å²) in [6, 6.07) is 3.28. The molecule has 1 saturated heterocycles. The van der Waals surface area contributed by atoms with Crippen LogP contribution in [0.3, 0.4) is 0 Å². The van der Waals surface area contributed by atoms with Gasteiger partial charge in [-0.25, -0.2) is 0 Å². The van der Waals surface area contributed by atoms with E-state index in [2.05, 4.69) is 11.8 Å². The number of thiocarbonyl (C=S) groups is 1. The van der Waals surface area contributed by atoms with Crippen molar-refractivity contribution in [3.63, 3.8) is 0 Å². The van der Waals surface area contributed by atoms with Gasteiger partial charge in [0, 0.05) is 26.2 Å². The van der Waals surface area contributed by atoms with E-state index in [0.29, 0.717) is 18.1 Å². The molecule has 5 nitrogen and oxygen atoms in total. The Morgan fingerprint density at radius 3 is 2.55 bits per heavy atom. The fourth-order valence-corrected chi connectivity index (χ4v) is 2.92. The SMILES string of the molecule is CCC(C(N)=S)N1CCN(C(=O)c2ccc(Cl)o2)CC1. The molecule has 7 heteroatoms. The van der Waals surface area contributed by atoms with Crippen molar-refractivity contribution >= 4 is 34.7 Å². The smallest absolute Gasteiger partial charge is 0.289 e. The Labute approximate surface area is 128 Å². The van der Waals surface area contributed by atoms with Gasteiger partial charge in [-0.2, -0.15) is 0 Å². The third kappa shape index (κ3) is 3.31. The van der Waals surface area contributed by atoms with Crippen LogP contribution in [-0.2, 0) is 0 Å². The van der Waals surface area contributed by atoms with E-state index in [9.17, 15) is 4.79 Å². The first-order chi connectivity index (χ1) is 9.52. The monoisotopic (exact) mass is 315 g/mol. The number of hydrogen-bond acceptors (Lipinski definition) is 4. The number of hydrogen-bond donors (Lipinski definition) is 1. The van der Waals surface area contributed by atoms with E-state index in [-0.39, 0.29) is 22.9 Å². The molecule has 1 amide bonds. The maximum Gasteiger partial charge on any atom is 0.289 e. The van der Waals surface area contributed by atoms with Gasteiger partial charge in [0.05, 0.1) is 11.0 Å². The Morgan fingerprint density at radius 2 is 2.10 bits per heavy atom. The van der Waals surface area contributed by atoms with Crippen molar-refractivity contribution in [2.45, 2.75) is 19.4 Å². The van der Waals surface area contributed by atoms with Crippen LogP contribution in [0.4, 0.5) is 0 Å². The summed E-state index contributed by atoms with van der Waals surface area (Å²) in [5.74, 6) is 0.157. The van der Waals surface area contributed by atoms with E-state index in [4.69, 9.17) is 34.0 Å². The van der Waals surface area contributed by atoms with Crippen LogP contribution in [0.25, 0.3) is 0 Å². The topological polar surface area (TPSA) is 62.7 Å². The van der Waals surface area contributed by atoms with Gasteiger partial charge >= 0.3 is 0 Å². The van der Waals surface area contributed by atoms with E-state index in [1.165, 1.54) is 0 Å². The third-order valence-electron chi connectivity index (χ3n) is 3.54. The Kier molecular flexibility index (Phi) is 5.01. The van der Waals surface area contributed by atoms with Crippen molar-refractivity contribution in [1.29, 1.82) is 0 Å². The molecule has 20 heavy (non-hydrogen) atoms. The van der Waals surface area contributed by atoms with Gasteiger partial charge in [-0.3, -0.25) is 9.69 Å². The first-order valence-electron chi connectivity index (χ1n) is 6.61. The average Bonchev–Trinajstić information content (AvgIpc) is 2.86. The maximum absolute atomic E-state index is 12.2. The van der Waals surface area contributed by atoms with Crippen LogP contribution in [-0.4, -0.2) is 52.9 Å². The number of halogens is 1. The molecule has 0 aliphatic carbocycles. The molecule has 2 N–H and O–H groups in total. The zero-order valence-electron chi connectivity index (χ0n) is 11.3. The van der Waals surface area contributed by atoms with Crippen LogP contribution in [0.15, 0.2) is 16.5 Å². The van der Waals surface area contributed by atoms with E-state index < -0.39 is 0 Å². The minimum Gasteiger partial charge on any atom is -0.440 e. The van der Waals surface area contributed by atoms with Gasteiger partial charge in [-0.15, -0.1) is 0 Å². The average molecular weight is 316 g/mol. The summed E-state index contributed by atoms with van der Waals surface area (Å²) in [6.45, 7) is 4.85. The number of carbonyl (C=O) groups is 1. The highest BCUT2D eigenvalue weighted by atomic mass is 35.5. The van der Waals surface area contributed by atoms with Gasteiger partial charge in [0.15, 0.2) is 11.0 Å². The fourth-order valence-electron chi connectivity index (χ4n) is 2.46. The second kappa shape index (κ2) is 6.56. The van der Waals surface area contributed by atoms with Gasteiger partial charge < -0.3 is 15.1 Å². The molecule has 1 aromatic rings. The van der Waals surface area contributed by atoms with E-state index >= 15 is 0 Å². The first kappa shape index (κ1) is 15.3. The lowest BCUT2D eigenvalue weighted by atomic mass is 10.1. The molecule has 0 bridgehead atoms. The molecular weight excluding hydrogens is 298 g/mol. The summed E-state index contributed by atoms with van der Waals surface area (Å²) >= 11 is 10.8. The van der Waals surface area contributed by atoms with Gasteiger partial charge in [-0.1, -0.05) is 19.1 Å². The zero-order valence-corrected chi connectivity index (χ0v) is 12.9. The lowest BCUT2D eigenvalue weighted by Crippen LogP contribution is -2.54. The van der Waals surface area contributed by atoms with Crippen molar-refractivity contribution in [2.24, 2.45) is 5.73 Å². The number of rotatable bonds is 4. The molecule has 0 aromatic carbocycles. The number of nitrogens with zero attached hydrogens (tertiary/aromatic N) is 2. The van der Waals surface area contributed by atoms with Crippen LogP contribution in [0.1, 0.15) is 23.9 Å². The highest BCUT2D eigenvalue weighted by Crippen LogP contribution is 2.17. The summed E-state index contributed by atoms with van der Waals surface area (Å²) in [4.78, 5) is 16.7. The van der Waals surface area contributed by atoms with Crippen LogP contribution >= 0.6 is 23.8 Å². The predicted octanol–water partition coefficient (Wildman–Crippen LogP) is 1.76. The molecule has 0 spiro atoms. The van der Waals surface area contributed by atoms with Crippen LogP contribution in [0, 0.1) is 0 Å². The number of amides is 1. The summed E-state index contributed by atoms with van der Waals surface area (Å²) in [6.07, 6.45) is 0.886. The molecule has 0 saturated carbocycles. The van der Waals surface area contributed by atoms with Crippen LogP contribution in [0.5, 0.6) is 0 Å². The summed E-state index contributed by atoms with van der Waals surface area (Å²) in [5.41, 5.74) is 5.75. The van der Waals surface area contributed by atoms with Crippen molar-refractivity contribution in [2.75, 3.05) is 26.2 Å². The number of furan rings is 1. The lowest BCUT2D eigenvalue weighted by Gasteiger charge is -2.38. The van der Waals surface area contributed by atoms with Gasteiger partial charge in [-0.05, 0) is 30.2 Å². The highest BCUT2D eigenvalue weighted by Gasteiger charge is 2.28. The Morgan fingerprint density at radius 1 is 1.45 bits per heavy atom. The summed E-state index contributed by atoms with van der Waals surface area (Å²) in [7, 11) is 0. The predicted molar refractivity (Wildman–Crippen MR) is 82.1 cm³/mol. The van der Waals surface area contributed by atoms with E-state index in [1.807, 2.05) is 0 Å². The van der Waals surface area contributed by atoms with Crippen molar-refractivity contribution < 1.29 is 9.21 Å². The molecule has 110 valence electrons. The van der Waals surface area contributed by atoms with Gasteiger partial charge in [0.2, 0.25) is 0 Å². The maximum atomic E-state index is 12.2. The van der Waals surface area contributed by atoms with Crippen molar-refractivity contribution in [3.05, 3.63) is 23.1 Å². The zero-order chi connectivity index (χ0) is 14.7. The second-order valence-electron chi connectivity index (χ2n) is 4.76. The highest BCUT2D eigenvalue weighted by molar-refractivity contribution is 7.80. The Hall–Kier alpha value is -1.11. The molecular formula is C13H18ClN3O2S. The Bertz CT molecular complexity index is 498. The minimum atomic E-state index is -0.125. The van der Waals surface area contributed by atoms with Crippen LogP contribution < -0.4 is 5.73 Å². The molecule has 0 radical (unpaired) electrons. The summed E-state index contributed by atoms with van der Waals surface area (Å²) < 4.78 is 5.15. The molecule has 1 aliphatic heterocycles. The third-order valence-corrected chi connectivity index (χ3v) is 4.02. The second-order valence-corrected chi connectivity index (χ2v) is 5.60. The number of carbonyl (C=O) groups excluding carboxylic acids is 1. The molecule has 1 aliphatic rings. The molecule has 1 atom stereocenters. The van der Waals surface area contributed by atoms with Gasteiger partial charge in [0.1, 0.15) is 0 Å². The molecule has 1 aromatic heterocycles. The fraction of sp³-hybridized carbons (Fsp3) is 0.538. The van der Waals surface area contributed by atoms with Gasteiger partial charge in [0.25, 0.3) is 5.91 Å². The molecule has 2 heterocycles. The van der Waals surface area contributed by atoms with E-state index in [0.717, 1.165) is 19.5 Å². The number of nitrogens with two attached hydrogens (primary N) is 1. The lowest BCUT2D eigenvalue weighted by molar-refractivity contribution is 0.0582. The number of piperazine rings is 1. The summed E-state index contributed by atoms with van der Waals surface area (Å²) in [5, 5.41) is 0.228. The normalized spacial score (nSPS) is 18.0. The molecule has 1 fully saturated rings.